The van der Waals surface area contributed by atoms with Crippen LogP contribution in [0.5, 0.6) is 0 Å². The molecule has 1 rings (SSSR count). The molecule has 0 fully saturated rings. The molecule has 1 atom stereocenters. The number of benzene rings is 1. The van der Waals surface area contributed by atoms with Crippen LogP contribution in [-0.2, 0) is 4.79 Å². The first-order valence-electron chi connectivity index (χ1n) is 6.05. The van der Waals surface area contributed by atoms with Crippen molar-refractivity contribution in [2.24, 2.45) is 0 Å². The summed E-state index contributed by atoms with van der Waals surface area (Å²) in [4.78, 5) is 10.7. The Labute approximate surface area is 104 Å². The maximum absolute atomic E-state index is 10.7. The SMILES string of the molecule is CC(=O)NCCNC(C)c1cc(C)ccc1C. The lowest BCUT2D eigenvalue weighted by Crippen LogP contribution is -2.31. The summed E-state index contributed by atoms with van der Waals surface area (Å²) in [5.74, 6) is 0.0196. The molecule has 2 N–H and O–H groups in total. The molecule has 0 aromatic heterocycles. The molecule has 3 nitrogen and oxygen atoms in total. The molecule has 0 saturated carbocycles. The van der Waals surface area contributed by atoms with Gasteiger partial charge in [-0.3, -0.25) is 4.79 Å². The molecular formula is C14H22N2O. The Kier molecular flexibility index (Phi) is 5.16. The summed E-state index contributed by atoms with van der Waals surface area (Å²) in [6.45, 7) is 9.37. The van der Waals surface area contributed by atoms with Gasteiger partial charge in [-0.2, -0.15) is 0 Å². The van der Waals surface area contributed by atoms with Crippen LogP contribution in [0, 0.1) is 13.8 Å². The number of hydrogen-bond acceptors (Lipinski definition) is 2. The molecule has 3 heteroatoms. The minimum absolute atomic E-state index is 0.0196. The third-order valence-electron chi connectivity index (χ3n) is 2.85. The number of carbonyl (C=O) groups is 1. The molecular weight excluding hydrogens is 212 g/mol. The van der Waals surface area contributed by atoms with Gasteiger partial charge in [-0.15, -0.1) is 0 Å². The van der Waals surface area contributed by atoms with Crippen LogP contribution in [-0.4, -0.2) is 19.0 Å². The van der Waals surface area contributed by atoms with E-state index < -0.39 is 0 Å². The van der Waals surface area contributed by atoms with E-state index in [-0.39, 0.29) is 5.91 Å². The van der Waals surface area contributed by atoms with E-state index in [0.717, 1.165) is 6.54 Å². The topological polar surface area (TPSA) is 41.1 Å². The molecule has 0 saturated heterocycles. The van der Waals surface area contributed by atoms with Crippen LogP contribution < -0.4 is 10.6 Å². The lowest BCUT2D eigenvalue weighted by molar-refractivity contribution is -0.118. The Morgan fingerprint density at radius 2 is 2.00 bits per heavy atom. The number of nitrogens with one attached hydrogen (secondary N) is 2. The van der Waals surface area contributed by atoms with E-state index in [4.69, 9.17) is 0 Å². The van der Waals surface area contributed by atoms with Gasteiger partial charge in [-0.1, -0.05) is 23.8 Å². The van der Waals surface area contributed by atoms with Crippen molar-refractivity contribution < 1.29 is 4.79 Å². The van der Waals surface area contributed by atoms with Crippen LogP contribution in [0.2, 0.25) is 0 Å². The predicted molar refractivity (Wildman–Crippen MR) is 71.0 cm³/mol. The first kappa shape index (κ1) is 13.7. The van der Waals surface area contributed by atoms with Gasteiger partial charge in [-0.25, -0.2) is 0 Å². The monoisotopic (exact) mass is 234 g/mol. The van der Waals surface area contributed by atoms with Crippen LogP contribution >= 0.6 is 0 Å². The summed E-state index contributed by atoms with van der Waals surface area (Å²) in [5.41, 5.74) is 3.91. The average Bonchev–Trinajstić information content (AvgIpc) is 2.27. The minimum atomic E-state index is 0.0196. The van der Waals surface area contributed by atoms with Crippen LogP contribution in [0.1, 0.15) is 36.6 Å². The Hall–Kier alpha value is -1.35. The maximum Gasteiger partial charge on any atom is 0.216 e. The Morgan fingerprint density at radius 3 is 2.65 bits per heavy atom. The summed E-state index contributed by atoms with van der Waals surface area (Å²) in [5, 5.41) is 6.18. The molecule has 1 unspecified atom stereocenters. The van der Waals surface area contributed by atoms with Gasteiger partial charge in [0.05, 0.1) is 0 Å². The van der Waals surface area contributed by atoms with Crippen LogP contribution in [0.4, 0.5) is 0 Å². The zero-order chi connectivity index (χ0) is 12.8. The van der Waals surface area contributed by atoms with E-state index in [1.165, 1.54) is 23.6 Å². The molecule has 0 heterocycles. The molecule has 1 aromatic rings. The van der Waals surface area contributed by atoms with Gasteiger partial charge in [0.1, 0.15) is 0 Å². The Bertz CT molecular complexity index is 388. The fourth-order valence-electron chi connectivity index (χ4n) is 1.86. The van der Waals surface area contributed by atoms with Gasteiger partial charge in [0, 0.05) is 26.1 Å². The van der Waals surface area contributed by atoms with Crippen molar-refractivity contribution >= 4 is 5.91 Å². The molecule has 17 heavy (non-hydrogen) atoms. The second-order valence-corrected chi connectivity index (χ2v) is 4.52. The lowest BCUT2D eigenvalue weighted by Gasteiger charge is -2.17. The van der Waals surface area contributed by atoms with Crippen molar-refractivity contribution in [1.29, 1.82) is 0 Å². The van der Waals surface area contributed by atoms with Crippen molar-refractivity contribution in [3.05, 3.63) is 34.9 Å². The van der Waals surface area contributed by atoms with E-state index >= 15 is 0 Å². The van der Waals surface area contributed by atoms with Crippen molar-refractivity contribution in [2.45, 2.75) is 33.7 Å². The first-order valence-corrected chi connectivity index (χ1v) is 6.05. The fraction of sp³-hybridized carbons (Fsp3) is 0.500. The molecule has 0 aliphatic rings. The normalized spacial score (nSPS) is 12.2. The molecule has 0 aliphatic heterocycles. The van der Waals surface area contributed by atoms with E-state index in [0.29, 0.717) is 12.6 Å². The van der Waals surface area contributed by atoms with Crippen LogP contribution in [0.15, 0.2) is 18.2 Å². The van der Waals surface area contributed by atoms with E-state index in [2.05, 4.69) is 49.6 Å². The first-order chi connectivity index (χ1) is 8.00. The average molecular weight is 234 g/mol. The quantitative estimate of drug-likeness (QED) is 0.766. The summed E-state index contributed by atoms with van der Waals surface area (Å²) >= 11 is 0. The summed E-state index contributed by atoms with van der Waals surface area (Å²) < 4.78 is 0. The highest BCUT2D eigenvalue weighted by molar-refractivity contribution is 5.72. The number of aryl methyl sites for hydroxylation is 2. The van der Waals surface area contributed by atoms with Crippen molar-refractivity contribution in [3.63, 3.8) is 0 Å². The molecule has 1 amide bonds. The molecule has 0 spiro atoms. The van der Waals surface area contributed by atoms with Gasteiger partial charge >= 0.3 is 0 Å². The maximum atomic E-state index is 10.7. The second kappa shape index (κ2) is 6.40. The van der Waals surface area contributed by atoms with E-state index in [1.54, 1.807) is 0 Å². The lowest BCUT2D eigenvalue weighted by atomic mass is 10.00. The zero-order valence-corrected chi connectivity index (χ0v) is 11.1. The van der Waals surface area contributed by atoms with Crippen molar-refractivity contribution in [2.75, 3.05) is 13.1 Å². The summed E-state index contributed by atoms with van der Waals surface area (Å²) in [6, 6.07) is 6.80. The number of amides is 1. The highest BCUT2D eigenvalue weighted by Crippen LogP contribution is 2.18. The van der Waals surface area contributed by atoms with Crippen molar-refractivity contribution in [1.82, 2.24) is 10.6 Å². The summed E-state index contributed by atoms with van der Waals surface area (Å²) in [7, 11) is 0. The Morgan fingerprint density at radius 1 is 1.29 bits per heavy atom. The van der Waals surface area contributed by atoms with Gasteiger partial charge in [0.25, 0.3) is 0 Å². The van der Waals surface area contributed by atoms with Gasteiger partial charge < -0.3 is 10.6 Å². The second-order valence-electron chi connectivity index (χ2n) is 4.52. The summed E-state index contributed by atoms with van der Waals surface area (Å²) in [6.07, 6.45) is 0. The van der Waals surface area contributed by atoms with E-state index in [1.807, 2.05) is 0 Å². The third kappa shape index (κ3) is 4.57. The fourth-order valence-corrected chi connectivity index (χ4v) is 1.86. The molecule has 1 aromatic carbocycles. The third-order valence-corrected chi connectivity index (χ3v) is 2.85. The largest absolute Gasteiger partial charge is 0.355 e. The smallest absolute Gasteiger partial charge is 0.216 e. The minimum Gasteiger partial charge on any atom is -0.355 e. The standard InChI is InChI=1S/C14H22N2O/c1-10-5-6-11(2)14(9-10)12(3)15-7-8-16-13(4)17/h5-6,9,12,15H,7-8H2,1-4H3,(H,16,17). The predicted octanol–water partition coefficient (Wildman–Crippen LogP) is 2.09. The molecule has 0 aliphatic carbocycles. The highest BCUT2D eigenvalue weighted by Gasteiger charge is 2.07. The molecule has 94 valence electrons. The van der Waals surface area contributed by atoms with Crippen molar-refractivity contribution in [3.8, 4) is 0 Å². The number of hydrogen-bond donors (Lipinski definition) is 2. The highest BCUT2D eigenvalue weighted by atomic mass is 16.1. The molecule has 0 radical (unpaired) electrons. The van der Waals surface area contributed by atoms with Gasteiger partial charge in [0.2, 0.25) is 5.91 Å². The number of carbonyl (C=O) groups excluding carboxylic acids is 1. The number of rotatable bonds is 5. The van der Waals surface area contributed by atoms with Crippen LogP contribution in [0.3, 0.4) is 0 Å². The van der Waals surface area contributed by atoms with Crippen LogP contribution in [0.25, 0.3) is 0 Å². The molecule has 0 bridgehead atoms. The van der Waals surface area contributed by atoms with Gasteiger partial charge in [-0.05, 0) is 31.9 Å². The Balaban J connectivity index is 2.49. The van der Waals surface area contributed by atoms with Gasteiger partial charge in [0.15, 0.2) is 0 Å². The van der Waals surface area contributed by atoms with E-state index in [9.17, 15) is 4.79 Å². The zero-order valence-electron chi connectivity index (χ0n) is 11.1.